The Morgan fingerprint density at radius 3 is 2.71 bits per heavy atom. The van der Waals surface area contributed by atoms with E-state index in [0.29, 0.717) is 24.6 Å². The van der Waals surface area contributed by atoms with Gasteiger partial charge in [0.2, 0.25) is 0 Å². The van der Waals surface area contributed by atoms with Crippen LogP contribution in [0.1, 0.15) is 5.56 Å². The first-order valence-corrected chi connectivity index (χ1v) is 5.36. The van der Waals surface area contributed by atoms with Crippen molar-refractivity contribution in [2.75, 3.05) is 27.2 Å². The van der Waals surface area contributed by atoms with Crippen LogP contribution in [0, 0.1) is 6.92 Å². The van der Waals surface area contributed by atoms with E-state index in [1.165, 1.54) is 12.0 Å². The molecule has 0 heterocycles. The molecule has 5 heteroatoms. The summed E-state index contributed by atoms with van der Waals surface area (Å²) in [5.41, 5.74) is 6.40. The molecule has 0 fully saturated rings. The van der Waals surface area contributed by atoms with E-state index < -0.39 is 6.09 Å². The summed E-state index contributed by atoms with van der Waals surface area (Å²) in [6.07, 6.45) is -0.447. The summed E-state index contributed by atoms with van der Waals surface area (Å²) >= 11 is 0. The number of hydrogen-bond acceptors (Lipinski definition) is 4. The molecule has 94 valence electrons. The van der Waals surface area contributed by atoms with Gasteiger partial charge >= 0.3 is 6.09 Å². The van der Waals surface area contributed by atoms with E-state index in [4.69, 9.17) is 15.2 Å². The van der Waals surface area contributed by atoms with Crippen LogP contribution < -0.4 is 15.2 Å². The molecule has 1 aromatic rings. The molecule has 5 nitrogen and oxygen atoms in total. The molecule has 0 bridgehead atoms. The minimum absolute atomic E-state index is 0.399. The molecule has 1 aromatic carbocycles. The number of nitrogens with two attached hydrogens (primary N) is 1. The van der Waals surface area contributed by atoms with E-state index in [9.17, 15) is 4.79 Å². The highest BCUT2D eigenvalue weighted by molar-refractivity contribution is 5.71. The average molecular weight is 238 g/mol. The van der Waals surface area contributed by atoms with Crippen molar-refractivity contribution in [2.45, 2.75) is 6.92 Å². The predicted molar refractivity (Wildman–Crippen MR) is 65.4 cm³/mol. The summed E-state index contributed by atoms with van der Waals surface area (Å²) in [5.74, 6) is 0.950. The van der Waals surface area contributed by atoms with Gasteiger partial charge in [-0.1, -0.05) is 6.07 Å². The van der Waals surface area contributed by atoms with Crippen LogP contribution in [-0.4, -0.2) is 38.2 Å². The van der Waals surface area contributed by atoms with Crippen molar-refractivity contribution in [1.82, 2.24) is 4.90 Å². The van der Waals surface area contributed by atoms with Crippen LogP contribution in [-0.2, 0) is 0 Å². The first kappa shape index (κ1) is 13.3. The van der Waals surface area contributed by atoms with E-state index in [2.05, 4.69) is 0 Å². The van der Waals surface area contributed by atoms with Gasteiger partial charge in [-0.25, -0.2) is 4.79 Å². The second-order valence-electron chi connectivity index (χ2n) is 3.73. The summed E-state index contributed by atoms with van der Waals surface area (Å²) in [6.45, 7) is 2.79. The minimum Gasteiger partial charge on any atom is -0.493 e. The maximum Gasteiger partial charge on any atom is 0.415 e. The molecule has 1 rings (SSSR count). The summed E-state index contributed by atoms with van der Waals surface area (Å²) in [6, 6.07) is 5.38. The highest BCUT2D eigenvalue weighted by Crippen LogP contribution is 2.28. The van der Waals surface area contributed by atoms with Gasteiger partial charge in [-0.15, -0.1) is 0 Å². The van der Waals surface area contributed by atoms with Crippen LogP contribution in [0.4, 0.5) is 4.79 Å². The molecule has 2 N–H and O–H groups in total. The molecular formula is C12H18N2O3. The Hall–Kier alpha value is -1.75. The first-order chi connectivity index (χ1) is 8.08. The molecule has 0 saturated heterocycles. The lowest BCUT2D eigenvalue weighted by Crippen LogP contribution is -2.33. The van der Waals surface area contributed by atoms with Crippen LogP contribution in [0.15, 0.2) is 18.2 Å². The number of carbonyl (C=O) groups excluding carboxylic acids is 1. The second-order valence-corrected chi connectivity index (χ2v) is 3.73. The zero-order valence-corrected chi connectivity index (χ0v) is 10.4. The lowest BCUT2D eigenvalue weighted by molar-refractivity contribution is 0.162. The molecule has 1 amide bonds. The third-order valence-corrected chi connectivity index (χ3v) is 2.29. The summed E-state index contributed by atoms with van der Waals surface area (Å²) < 4.78 is 10.4. The molecule has 0 atom stereocenters. The van der Waals surface area contributed by atoms with Gasteiger partial charge in [-0.2, -0.15) is 0 Å². The number of rotatable bonds is 4. The van der Waals surface area contributed by atoms with Gasteiger partial charge < -0.3 is 20.1 Å². The number of amides is 1. The molecule has 0 aliphatic rings. The summed E-state index contributed by atoms with van der Waals surface area (Å²) in [4.78, 5) is 13.1. The number of benzene rings is 1. The van der Waals surface area contributed by atoms with Crippen molar-refractivity contribution in [1.29, 1.82) is 0 Å². The normalized spacial score (nSPS) is 9.88. The average Bonchev–Trinajstić information content (AvgIpc) is 2.31. The standard InChI is InChI=1S/C12H18N2O3/c1-9-4-5-10(11(8-9)16-3)17-12(15)14(2)7-6-13/h4-5,8H,6-7,13H2,1-3H3. The minimum atomic E-state index is -0.447. The monoisotopic (exact) mass is 238 g/mol. The van der Waals surface area contributed by atoms with Crippen molar-refractivity contribution in [3.8, 4) is 11.5 Å². The maximum atomic E-state index is 11.6. The Balaban J connectivity index is 2.77. The van der Waals surface area contributed by atoms with Gasteiger partial charge in [0.1, 0.15) is 0 Å². The van der Waals surface area contributed by atoms with Crippen LogP contribution in [0.5, 0.6) is 11.5 Å². The first-order valence-electron chi connectivity index (χ1n) is 5.36. The van der Waals surface area contributed by atoms with Crippen LogP contribution in [0.2, 0.25) is 0 Å². The smallest absolute Gasteiger partial charge is 0.415 e. The Kier molecular flexibility index (Phi) is 4.78. The molecule has 0 saturated carbocycles. The fraction of sp³-hybridized carbons (Fsp3) is 0.417. The lowest BCUT2D eigenvalue weighted by atomic mass is 10.2. The lowest BCUT2D eigenvalue weighted by Gasteiger charge is -2.16. The van der Waals surface area contributed by atoms with Gasteiger partial charge in [0.05, 0.1) is 7.11 Å². The highest BCUT2D eigenvalue weighted by Gasteiger charge is 2.13. The third-order valence-electron chi connectivity index (χ3n) is 2.29. The second kappa shape index (κ2) is 6.10. The van der Waals surface area contributed by atoms with Crippen molar-refractivity contribution >= 4 is 6.09 Å². The molecule has 0 aliphatic heterocycles. The predicted octanol–water partition coefficient (Wildman–Crippen LogP) is 1.39. The van der Waals surface area contributed by atoms with E-state index in [0.717, 1.165) is 5.56 Å². The topological polar surface area (TPSA) is 64.8 Å². The molecular weight excluding hydrogens is 220 g/mol. The van der Waals surface area contributed by atoms with Crippen LogP contribution >= 0.6 is 0 Å². The fourth-order valence-corrected chi connectivity index (χ4v) is 1.32. The molecule has 0 aliphatic carbocycles. The third kappa shape index (κ3) is 3.64. The van der Waals surface area contributed by atoms with Crippen molar-refractivity contribution in [3.05, 3.63) is 23.8 Å². The number of hydrogen-bond donors (Lipinski definition) is 1. The maximum absolute atomic E-state index is 11.6. The van der Waals surface area contributed by atoms with Gasteiger partial charge in [0.25, 0.3) is 0 Å². The Labute approximate surface area is 101 Å². The fourth-order valence-electron chi connectivity index (χ4n) is 1.32. The molecule has 17 heavy (non-hydrogen) atoms. The van der Waals surface area contributed by atoms with E-state index in [1.807, 2.05) is 19.1 Å². The Morgan fingerprint density at radius 1 is 1.41 bits per heavy atom. The van der Waals surface area contributed by atoms with E-state index in [-0.39, 0.29) is 0 Å². The highest BCUT2D eigenvalue weighted by atomic mass is 16.6. The molecule has 0 aromatic heterocycles. The van der Waals surface area contributed by atoms with Gasteiger partial charge in [0, 0.05) is 20.1 Å². The number of ether oxygens (including phenoxy) is 2. The SMILES string of the molecule is COc1cc(C)ccc1OC(=O)N(C)CCN. The van der Waals surface area contributed by atoms with Crippen molar-refractivity contribution in [2.24, 2.45) is 5.73 Å². The largest absolute Gasteiger partial charge is 0.493 e. The number of nitrogens with zero attached hydrogens (tertiary/aromatic N) is 1. The van der Waals surface area contributed by atoms with Crippen molar-refractivity contribution in [3.63, 3.8) is 0 Å². The number of aryl methyl sites for hydroxylation is 1. The number of likely N-dealkylation sites (N-methyl/N-ethyl adjacent to an activating group) is 1. The van der Waals surface area contributed by atoms with Crippen molar-refractivity contribution < 1.29 is 14.3 Å². The van der Waals surface area contributed by atoms with Gasteiger partial charge in [-0.3, -0.25) is 0 Å². The molecule has 0 spiro atoms. The summed E-state index contributed by atoms with van der Waals surface area (Å²) in [7, 11) is 3.17. The van der Waals surface area contributed by atoms with Gasteiger partial charge in [-0.05, 0) is 24.6 Å². The Bertz CT molecular complexity index is 393. The Morgan fingerprint density at radius 2 is 2.12 bits per heavy atom. The quantitative estimate of drug-likeness (QED) is 0.861. The molecule has 0 unspecified atom stereocenters. The summed E-state index contributed by atoms with van der Waals surface area (Å²) in [5, 5.41) is 0. The van der Waals surface area contributed by atoms with E-state index >= 15 is 0 Å². The zero-order chi connectivity index (χ0) is 12.8. The van der Waals surface area contributed by atoms with E-state index in [1.54, 1.807) is 13.1 Å². The van der Waals surface area contributed by atoms with Crippen LogP contribution in [0.25, 0.3) is 0 Å². The number of carbonyl (C=O) groups is 1. The van der Waals surface area contributed by atoms with Crippen LogP contribution in [0.3, 0.4) is 0 Å². The zero-order valence-electron chi connectivity index (χ0n) is 10.4. The molecule has 0 radical (unpaired) electrons. The van der Waals surface area contributed by atoms with Gasteiger partial charge in [0.15, 0.2) is 11.5 Å². The number of methoxy groups -OCH3 is 1.